The van der Waals surface area contributed by atoms with Crippen molar-refractivity contribution in [1.29, 1.82) is 0 Å². The molecule has 1 N–H and O–H groups in total. The first-order valence-electron chi connectivity index (χ1n) is 9.55. The monoisotopic (exact) mass is 402 g/mol. The fourth-order valence-electron chi connectivity index (χ4n) is 3.07. The highest BCUT2D eigenvalue weighted by molar-refractivity contribution is 7.89. The van der Waals surface area contributed by atoms with Crippen molar-refractivity contribution < 1.29 is 17.9 Å². The molecular formula is C21H26N2O4S. The number of hydrogen-bond donors (Lipinski definition) is 1. The molecule has 1 aliphatic rings. The summed E-state index contributed by atoms with van der Waals surface area (Å²) in [6.45, 7) is 3.63. The summed E-state index contributed by atoms with van der Waals surface area (Å²) in [6.07, 6.45) is 2.74. The first kappa shape index (κ1) is 20.4. The second-order valence-corrected chi connectivity index (χ2v) is 8.89. The van der Waals surface area contributed by atoms with Crippen molar-refractivity contribution in [2.24, 2.45) is 0 Å². The molecule has 0 aliphatic carbocycles. The molecule has 3 rings (SSSR count). The zero-order chi connectivity index (χ0) is 20.0. The van der Waals surface area contributed by atoms with Crippen LogP contribution in [-0.2, 0) is 14.8 Å². The van der Waals surface area contributed by atoms with Gasteiger partial charge in [-0.25, -0.2) is 8.42 Å². The second-order valence-electron chi connectivity index (χ2n) is 6.95. The number of amides is 1. The van der Waals surface area contributed by atoms with Crippen molar-refractivity contribution in [1.82, 2.24) is 4.31 Å². The molecule has 1 aliphatic heterocycles. The van der Waals surface area contributed by atoms with Gasteiger partial charge in [-0.2, -0.15) is 4.31 Å². The molecule has 0 saturated carbocycles. The predicted molar refractivity (Wildman–Crippen MR) is 109 cm³/mol. The van der Waals surface area contributed by atoms with E-state index in [1.54, 1.807) is 24.3 Å². The standard InChI is InChI=1S/C21H26N2O4S/c1-17-6-10-19(11-7-17)27-16-4-5-21(24)22-18-8-12-20(13-9-18)28(25,26)23-14-2-3-15-23/h6-13H,2-5,14-16H2,1H3,(H,22,24). The first-order chi connectivity index (χ1) is 13.4. The maximum absolute atomic E-state index is 12.5. The van der Waals surface area contributed by atoms with Gasteiger partial charge >= 0.3 is 0 Å². The number of rotatable bonds is 8. The molecule has 7 heteroatoms. The Morgan fingerprint density at radius 1 is 1.04 bits per heavy atom. The number of ether oxygens (including phenoxy) is 1. The summed E-state index contributed by atoms with van der Waals surface area (Å²) < 4.78 is 32.1. The van der Waals surface area contributed by atoms with E-state index in [9.17, 15) is 13.2 Å². The molecule has 1 heterocycles. The zero-order valence-corrected chi connectivity index (χ0v) is 16.9. The Bertz CT molecular complexity index is 887. The second kappa shape index (κ2) is 9.21. The highest BCUT2D eigenvalue weighted by Gasteiger charge is 2.26. The molecule has 0 atom stereocenters. The lowest BCUT2D eigenvalue weighted by Crippen LogP contribution is -2.27. The molecule has 28 heavy (non-hydrogen) atoms. The largest absolute Gasteiger partial charge is 0.494 e. The molecule has 0 radical (unpaired) electrons. The minimum absolute atomic E-state index is 0.123. The van der Waals surface area contributed by atoms with E-state index in [0.29, 0.717) is 38.2 Å². The smallest absolute Gasteiger partial charge is 0.243 e. The van der Waals surface area contributed by atoms with Crippen molar-refractivity contribution in [3.63, 3.8) is 0 Å². The van der Waals surface area contributed by atoms with Crippen LogP contribution in [0.5, 0.6) is 5.75 Å². The lowest BCUT2D eigenvalue weighted by Gasteiger charge is -2.15. The molecule has 0 aromatic heterocycles. The number of nitrogens with one attached hydrogen (secondary N) is 1. The SMILES string of the molecule is Cc1ccc(OCCCC(=O)Nc2ccc(S(=O)(=O)N3CCCC3)cc2)cc1. The van der Waals surface area contributed by atoms with Crippen LogP contribution in [0.3, 0.4) is 0 Å². The highest BCUT2D eigenvalue weighted by Crippen LogP contribution is 2.22. The molecule has 0 bridgehead atoms. The molecule has 1 saturated heterocycles. The Morgan fingerprint density at radius 2 is 1.68 bits per heavy atom. The molecule has 0 spiro atoms. The van der Waals surface area contributed by atoms with E-state index in [-0.39, 0.29) is 10.8 Å². The minimum atomic E-state index is -3.43. The fraction of sp³-hybridized carbons (Fsp3) is 0.381. The predicted octanol–water partition coefficient (Wildman–Crippen LogP) is 3.58. The normalized spacial score (nSPS) is 14.8. The summed E-state index contributed by atoms with van der Waals surface area (Å²) >= 11 is 0. The summed E-state index contributed by atoms with van der Waals surface area (Å²) in [5.74, 6) is 0.670. The summed E-state index contributed by atoms with van der Waals surface area (Å²) in [6, 6.07) is 14.1. The van der Waals surface area contributed by atoms with Gasteiger partial charge in [-0.3, -0.25) is 4.79 Å². The average Bonchev–Trinajstić information content (AvgIpc) is 3.23. The van der Waals surface area contributed by atoms with Gasteiger partial charge in [0.15, 0.2) is 0 Å². The summed E-state index contributed by atoms with van der Waals surface area (Å²) in [4.78, 5) is 12.3. The van der Waals surface area contributed by atoms with Crippen LogP contribution in [0.2, 0.25) is 0 Å². The Kier molecular flexibility index (Phi) is 6.70. The van der Waals surface area contributed by atoms with E-state index in [0.717, 1.165) is 18.6 Å². The third kappa shape index (κ3) is 5.33. The number of aryl methyl sites for hydroxylation is 1. The van der Waals surface area contributed by atoms with Crippen molar-refractivity contribution in [2.45, 2.75) is 37.5 Å². The zero-order valence-electron chi connectivity index (χ0n) is 16.1. The van der Waals surface area contributed by atoms with E-state index < -0.39 is 10.0 Å². The summed E-state index contributed by atoms with van der Waals surface area (Å²) in [7, 11) is -3.43. The van der Waals surface area contributed by atoms with Gasteiger partial charge in [0.25, 0.3) is 0 Å². The number of nitrogens with zero attached hydrogens (tertiary/aromatic N) is 1. The van der Waals surface area contributed by atoms with Crippen LogP contribution in [0, 0.1) is 6.92 Å². The third-order valence-corrected chi connectivity index (χ3v) is 6.59. The highest BCUT2D eigenvalue weighted by atomic mass is 32.2. The van der Waals surface area contributed by atoms with Crippen LogP contribution >= 0.6 is 0 Å². The lowest BCUT2D eigenvalue weighted by molar-refractivity contribution is -0.116. The lowest BCUT2D eigenvalue weighted by atomic mass is 10.2. The van der Waals surface area contributed by atoms with Crippen molar-refractivity contribution in [3.05, 3.63) is 54.1 Å². The van der Waals surface area contributed by atoms with Gasteiger partial charge in [-0.15, -0.1) is 0 Å². The Labute approximate surface area is 166 Å². The number of hydrogen-bond acceptors (Lipinski definition) is 4. The van der Waals surface area contributed by atoms with Gasteiger partial charge in [0.2, 0.25) is 15.9 Å². The number of carbonyl (C=O) groups is 1. The van der Waals surface area contributed by atoms with E-state index in [1.807, 2.05) is 31.2 Å². The van der Waals surface area contributed by atoms with Crippen LogP contribution in [0.4, 0.5) is 5.69 Å². The number of benzene rings is 2. The molecule has 2 aromatic carbocycles. The van der Waals surface area contributed by atoms with Gasteiger partial charge in [-0.1, -0.05) is 17.7 Å². The van der Waals surface area contributed by atoms with Crippen molar-refractivity contribution >= 4 is 21.6 Å². The summed E-state index contributed by atoms with van der Waals surface area (Å²) in [5.41, 5.74) is 1.76. The van der Waals surface area contributed by atoms with Crippen LogP contribution in [-0.4, -0.2) is 38.3 Å². The molecule has 1 amide bonds. The van der Waals surface area contributed by atoms with Crippen molar-refractivity contribution in [3.8, 4) is 5.75 Å². The molecule has 6 nitrogen and oxygen atoms in total. The first-order valence-corrected chi connectivity index (χ1v) is 11.0. The van der Waals surface area contributed by atoms with Crippen molar-refractivity contribution in [2.75, 3.05) is 25.0 Å². The van der Waals surface area contributed by atoms with Crippen LogP contribution in [0.15, 0.2) is 53.4 Å². The molecule has 150 valence electrons. The van der Waals surface area contributed by atoms with E-state index in [4.69, 9.17) is 4.74 Å². The molecule has 1 fully saturated rings. The van der Waals surface area contributed by atoms with Crippen LogP contribution < -0.4 is 10.1 Å². The minimum Gasteiger partial charge on any atom is -0.494 e. The average molecular weight is 403 g/mol. The number of carbonyl (C=O) groups excluding carboxylic acids is 1. The molecular weight excluding hydrogens is 376 g/mol. The maximum Gasteiger partial charge on any atom is 0.243 e. The van der Waals surface area contributed by atoms with Gasteiger partial charge in [0.05, 0.1) is 11.5 Å². The van der Waals surface area contributed by atoms with E-state index in [2.05, 4.69) is 5.32 Å². The maximum atomic E-state index is 12.5. The van der Waals surface area contributed by atoms with Gasteiger partial charge in [0.1, 0.15) is 5.75 Å². The number of anilines is 1. The topological polar surface area (TPSA) is 75.7 Å². The Morgan fingerprint density at radius 3 is 2.32 bits per heavy atom. The molecule has 2 aromatic rings. The van der Waals surface area contributed by atoms with Gasteiger partial charge < -0.3 is 10.1 Å². The van der Waals surface area contributed by atoms with Gasteiger partial charge in [0, 0.05) is 25.2 Å². The van der Waals surface area contributed by atoms with Crippen LogP contribution in [0.1, 0.15) is 31.2 Å². The Balaban J connectivity index is 1.44. The quantitative estimate of drug-likeness (QED) is 0.685. The molecule has 0 unspecified atom stereocenters. The Hall–Kier alpha value is -2.38. The fourth-order valence-corrected chi connectivity index (χ4v) is 4.59. The van der Waals surface area contributed by atoms with E-state index >= 15 is 0 Å². The summed E-state index contributed by atoms with van der Waals surface area (Å²) in [5, 5.41) is 2.79. The van der Waals surface area contributed by atoms with E-state index in [1.165, 1.54) is 9.87 Å². The van der Waals surface area contributed by atoms with Crippen LogP contribution in [0.25, 0.3) is 0 Å². The van der Waals surface area contributed by atoms with Gasteiger partial charge in [-0.05, 0) is 62.6 Å². The number of sulfonamides is 1. The third-order valence-electron chi connectivity index (χ3n) is 4.68.